The first-order valence-electron chi connectivity index (χ1n) is 5.22. The fraction of sp³-hybridized carbons (Fsp3) is 0.273. The molecule has 2 rings (SSSR count). The Labute approximate surface area is 98.0 Å². The van der Waals surface area contributed by atoms with Gasteiger partial charge in [0.15, 0.2) is 0 Å². The van der Waals surface area contributed by atoms with E-state index in [1.54, 1.807) is 12.1 Å². The van der Waals surface area contributed by atoms with Crippen LogP contribution in [-0.4, -0.2) is 16.5 Å². The van der Waals surface area contributed by atoms with Crippen LogP contribution in [0.25, 0.3) is 0 Å². The van der Waals surface area contributed by atoms with Crippen molar-refractivity contribution >= 4 is 17.2 Å². The quantitative estimate of drug-likeness (QED) is 0.621. The monoisotopic (exact) mass is 232 g/mol. The molecule has 0 saturated heterocycles. The molecule has 1 aliphatic rings. The lowest BCUT2D eigenvalue weighted by Crippen LogP contribution is -2.26. The number of rotatable bonds is 2. The van der Waals surface area contributed by atoms with Crippen LogP contribution in [-0.2, 0) is 0 Å². The van der Waals surface area contributed by atoms with Crippen LogP contribution in [0.4, 0.5) is 5.69 Å². The van der Waals surface area contributed by atoms with E-state index in [0.29, 0.717) is 12.3 Å². The SMILES string of the molecule is CC1CC(c2cccc([N+](=O)[O-])c2)=NN=C1N. The smallest absolute Gasteiger partial charge is 0.270 e. The average Bonchev–Trinajstić information content (AvgIpc) is 2.33. The molecule has 6 nitrogen and oxygen atoms in total. The number of nitrogens with zero attached hydrogens (tertiary/aromatic N) is 3. The summed E-state index contributed by atoms with van der Waals surface area (Å²) in [4.78, 5) is 10.2. The van der Waals surface area contributed by atoms with Gasteiger partial charge in [0.2, 0.25) is 0 Å². The molecule has 0 aromatic heterocycles. The first-order chi connectivity index (χ1) is 8.08. The van der Waals surface area contributed by atoms with Gasteiger partial charge < -0.3 is 5.73 Å². The summed E-state index contributed by atoms with van der Waals surface area (Å²) in [5.41, 5.74) is 7.14. The average molecular weight is 232 g/mol. The number of hydrogen-bond donors (Lipinski definition) is 1. The molecule has 17 heavy (non-hydrogen) atoms. The normalized spacial score (nSPS) is 19.5. The Morgan fingerprint density at radius 1 is 1.47 bits per heavy atom. The summed E-state index contributed by atoms with van der Waals surface area (Å²) in [5.74, 6) is 0.612. The molecule has 0 radical (unpaired) electrons. The fourth-order valence-corrected chi connectivity index (χ4v) is 1.63. The van der Waals surface area contributed by atoms with Crippen LogP contribution in [0, 0.1) is 16.0 Å². The predicted molar refractivity (Wildman–Crippen MR) is 65.0 cm³/mol. The minimum Gasteiger partial charge on any atom is -0.385 e. The minimum atomic E-state index is -0.423. The highest BCUT2D eigenvalue weighted by Crippen LogP contribution is 2.19. The summed E-state index contributed by atoms with van der Waals surface area (Å²) in [5, 5.41) is 18.5. The van der Waals surface area contributed by atoms with Crippen molar-refractivity contribution in [3.8, 4) is 0 Å². The number of hydrogen-bond acceptors (Lipinski definition) is 5. The summed E-state index contributed by atoms with van der Waals surface area (Å²) in [6, 6.07) is 6.38. The molecule has 1 aromatic rings. The Hall–Kier alpha value is -2.24. The molecule has 2 N–H and O–H groups in total. The van der Waals surface area contributed by atoms with Crippen molar-refractivity contribution in [3.63, 3.8) is 0 Å². The topological polar surface area (TPSA) is 93.9 Å². The Morgan fingerprint density at radius 3 is 2.88 bits per heavy atom. The molecule has 0 saturated carbocycles. The Bertz CT molecular complexity index is 522. The molecule has 1 unspecified atom stereocenters. The van der Waals surface area contributed by atoms with E-state index in [4.69, 9.17) is 5.73 Å². The zero-order valence-corrected chi connectivity index (χ0v) is 9.33. The van der Waals surface area contributed by atoms with Crippen LogP contribution in [0.1, 0.15) is 18.9 Å². The van der Waals surface area contributed by atoms with Gasteiger partial charge in [0.25, 0.3) is 5.69 Å². The molecular weight excluding hydrogens is 220 g/mol. The molecule has 0 aliphatic carbocycles. The van der Waals surface area contributed by atoms with Gasteiger partial charge in [0.1, 0.15) is 5.84 Å². The Morgan fingerprint density at radius 2 is 2.24 bits per heavy atom. The second-order valence-electron chi connectivity index (χ2n) is 3.98. The highest BCUT2D eigenvalue weighted by molar-refractivity contribution is 6.05. The molecule has 1 aromatic carbocycles. The molecule has 0 spiro atoms. The zero-order chi connectivity index (χ0) is 12.4. The van der Waals surface area contributed by atoms with E-state index in [1.807, 2.05) is 6.92 Å². The maximum absolute atomic E-state index is 10.7. The summed E-state index contributed by atoms with van der Waals surface area (Å²) >= 11 is 0. The van der Waals surface area contributed by atoms with Crippen LogP contribution in [0.5, 0.6) is 0 Å². The van der Waals surface area contributed by atoms with Crippen molar-refractivity contribution in [2.75, 3.05) is 0 Å². The Balaban J connectivity index is 2.35. The molecule has 88 valence electrons. The third-order valence-corrected chi connectivity index (χ3v) is 2.68. The highest BCUT2D eigenvalue weighted by atomic mass is 16.6. The van der Waals surface area contributed by atoms with Gasteiger partial charge >= 0.3 is 0 Å². The summed E-state index contributed by atoms with van der Waals surface area (Å²) in [7, 11) is 0. The van der Waals surface area contributed by atoms with Crippen molar-refractivity contribution in [1.82, 2.24) is 0 Å². The van der Waals surface area contributed by atoms with Gasteiger partial charge in [-0.1, -0.05) is 19.1 Å². The second-order valence-corrected chi connectivity index (χ2v) is 3.98. The number of nitro benzene ring substituents is 1. The Kier molecular flexibility index (Phi) is 2.86. The van der Waals surface area contributed by atoms with Crippen molar-refractivity contribution in [3.05, 3.63) is 39.9 Å². The standard InChI is InChI=1S/C11H12N4O2/c1-7-5-10(13-14-11(7)12)8-3-2-4-9(6-8)15(16)17/h2-4,6-7H,5H2,1H3,(H2,12,14). The van der Waals surface area contributed by atoms with Crippen molar-refractivity contribution in [2.45, 2.75) is 13.3 Å². The molecule has 1 heterocycles. The van der Waals surface area contributed by atoms with Crippen molar-refractivity contribution in [1.29, 1.82) is 0 Å². The van der Waals surface area contributed by atoms with E-state index in [1.165, 1.54) is 12.1 Å². The number of non-ortho nitro benzene ring substituents is 1. The van der Waals surface area contributed by atoms with Crippen LogP contribution >= 0.6 is 0 Å². The maximum atomic E-state index is 10.7. The van der Waals surface area contributed by atoms with Gasteiger partial charge in [0.05, 0.1) is 10.6 Å². The molecule has 0 amide bonds. The van der Waals surface area contributed by atoms with Crippen LogP contribution in [0.3, 0.4) is 0 Å². The summed E-state index contributed by atoms with van der Waals surface area (Å²) in [6.45, 7) is 1.95. The van der Waals surface area contributed by atoms with Crippen molar-refractivity contribution in [2.24, 2.45) is 21.9 Å². The highest BCUT2D eigenvalue weighted by Gasteiger charge is 2.18. The van der Waals surface area contributed by atoms with Gasteiger partial charge in [-0.2, -0.15) is 5.10 Å². The first kappa shape index (κ1) is 11.3. The lowest BCUT2D eigenvalue weighted by atomic mass is 9.97. The summed E-state index contributed by atoms with van der Waals surface area (Å²) in [6.07, 6.45) is 0.649. The second kappa shape index (κ2) is 4.32. The van der Waals surface area contributed by atoms with E-state index < -0.39 is 4.92 Å². The van der Waals surface area contributed by atoms with E-state index >= 15 is 0 Å². The van der Waals surface area contributed by atoms with E-state index in [0.717, 1.165) is 11.3 Å². The fourth-order valence-electron chi connectivity index (χ4n) is 1.63. The predicted octanol–water partition coefficient (Wildman–Crippen LogP) is 1.70. The van der Waals surface area contributed by atoms with E-state index in [-0.39, 0.29) is 11.6 Å². The molecular formula is C11H12N4O2. The van der Waals surface area contributed by atoms with Gasteiger partial charge in [-0.05, 0) is 0 Å². The van der Waals surface area contributed by atoms with E-state index in [2.05, 4.69) is 10.2 Å². The molecule has 1 atom stereocenters. The van der Waals surface area contributed by atoms with Crippen LogP contribution in [0.15, 0.2) is 34.5 Å². The maximum Gasteiger partial charge on any atom is 0.270 e. The molecule has 0 bridgehead atoms. The molecule has 6 heteroatoms. The van der Waals surface area contributed by atoms with E-state index in [9.17, 15) is 10.1 Å². The summed E-state index contributed by atoms with van der Waals surface area (Å²) < 4.78 is 0. The number of benzene rings is 1. The van der Waals surface area contributed by atoms with Gasteiger partial charge in [-0.25, -0.2) is 0 Å². The van der Waals surface area contributed by atoms with Crippen LogP contribution < -0.4 is 5.73 Å². The van der Waals surface area contributed by atoms with Gasteiger partial charge in [0, 0.05) is 30.0 Å². The third-order valence-electron chi connectivity index (χ3n) is 2.68. The van der Waals surface area contributed by atoms with Gasteiger partial charge in [-0.15, -0.1) is 5.10 Å². The van der Waals surface area contributed by atoms with Gasteiger partial charge in [-0.3, -0.25) is 10.1 Å². The lowest BCUT2D eigenvalue weighted by molar-refractivity contribution is -0.384. The third kappa shape index (κ3) is 2.30. The largest absolute Gasteiger partial charge is 0.385 e. The lowest BCUT2D eigenvalue weighted by Gasteiger charge is -2.15. The number of amidine groups is 1. The molecule has 1 aliphatic heterocycles. The first-order valence-corrected chi connectivity index (χ1v) is 5.22. The van der Waals surface area contributed by atoms with Crippen LogP contribution in [0.2, 0.25) is 0 Å². The minimum absolute atomic E-state index is 0.0559. The van der Waals surface area contributed by atoms with Crippen molar-refractivity contribution < 1.29 is 4.92 Å². The zero-order valence-electron chi connectivity index (χ0n) is 9.33. The number of nitro groups is 1. The number of nitrogens with two attached hydrogens (primary N) is 1. The molecule has 0 fully saturated rings.